The van der Waals surface area contributed by atoms with E-state index in [4.69, 9.17) is 0 Å². The van der Waals surface area contributed by atoms with Gasteiger partial charge in [-0.3, -0.25) is 0 Å². The summed E-state index contributed by atoms with van der Waals surface area (Å²) in [5, 5.41) is 0. The van der Waals surface area contributed by atoms with Crippen LogP contribution < -0.4 is 0 Å². The number of hydrogen-bond donors (Lipinski definition) is 0. The molecular formula is C11H19LiSi. The summed E-state index contributed by atoms with van der Waals surface area (Å²) < 4.78 is 0. The van der Waals surface area contributed by atoms with Crippen LogP contribution in [0.25, 0.3) is 0 Å². The van der Waals surface area contributed by atoms with E-state index < -0.39 is 8.80 Å². The topological polar surface area (TPSA) is 0 Å². The van der Waals surface area contributed by atoms with Crippen LogP contribution in [0.1, 0.15) is 25.7 Å². The van der Waals surface area contributed by atoms with Crippen LogP contribution in [0, 0.1) is 0 Å². The fourth-order valence-corrected chi connectivity index (χ4v) is 4.22. The molecule has 0 nitrogen and oxygen atoms in total. The molecule has 0 saturated carbocycles. The van der Waals surface area contributed by atoms with E-state index >= 15 is 0 Å². The van der Waals surface area contributed by atoms with E-state index in [0.717, 1.165) is 5.54 Å². The van der Waals surface area contributed by atoms with Crippen LogP contribution in [0.15, 0.2) is 23.3 Å². The quantitative estimate of drug-likeness (QED) is 0.552. The Kier molecular flexibility index (Phi) is 4.10. The van der Waals surface area contributed by atoms with Gasteiger partial charge in [0.05, 0.1) is 0 Å². The predicted molar refractivity (Wildman–Crippen MR) is 64.4 cm³/mol. The minimum absolute atomic E-state index is 0. The molecule has 0 aromatic heterocycles. The molecule has 0 heterocycles. The molecule has 0 aromatic carbocycles. The van der Waals surface area contributed by atoms with Crippen molar-refractivity contribution in [2.75, 3.05) is 0 Å². The first-order valence-electron chi connectivity index (χ1n) is 5.19. The molecule has 0 amide bonds. The molecule has 1 atom stereocenters. The Morgan fingerprint density at radius 3 is 2.62 bits per heavy atom. The second kappa shape index (κ2) is 4.69. The molecule has 0 spiro atoms. The maximum absolute atomic E-state index is 2.48. The standard InChI is InChI=1S/C11H18Si.Li.H/c1-12(2)11-8-7-9-5-3-4-6-10(9)11;;/h7-8,11-12H,3-6H2,1-2H3;;. The first-order valence-corrected chi connectivity index (χ1v) is 8.17. The molecule has 0 N–H and O–H groups in total. The van der Waals surface area contributed by atoms with Gasteiger partial charge in [0.1, 0.15) is 0 Å². The summed E-state index contributed by atoms with van der Waals surface area (Å²) in [5.41, 5.74) is 4.44. The van der Waals surface area contributed by atoms with Gasteiger partial charge in [-0.25, -0.2) is 0 Å². The molecule has 2 aliphatic rings. The van der Waals surface area contributed by atoms with Gasteiger partial charge < -0.3 is 0 Å². The van der Waals surface area contributed by atoms with Crippen LogP contribution in [-0.2, 0) is 0 Å². The Balaban J connectivity index is 0.000000845. The predicted octanol–water partition coefficient (Wildman–Crippen LogP) is 2.64. The van der Waals surface area contributed by atoms with Gasteiger partial charge in [0, 0.05) is 8.80 Å². The molecule has 0 radical (unpaired) electrons. The second-order valence-corrected chi connectivity index (χ2v) is 7.59. The van der Waals surface area contributed by atoms with Crippen LogP contribution in [0.2, 0.25) is 18.6 Å². The zero-order valence-corrected chi connectivity index (χ0v) is 9.29. The molecule has 2 heteroatoms. The molecule has 0 saturated heterocycles. The van der Waals surface area contributed by atoms with Crippen molar-refractivity contribution in [3.05, 3.63) is 23.3 Å². The molecule has 68 valence electrons. The van der Waals surface area contributed by atoms with Crippen LogP contribution in [0.4, 0.5) is 0 Å². The van der Waals surface area contributed by atoms with E-state index in [1.807, 2.05) is 5.57 Å². The van der Waals surface area contributed by atoms with Crippen molar-refractivity contribution in [3.8, 4) is 0 Å². The van der Waals surface area contributed by atoms with Gasteiger partial charge in [-0.15, -0.1) is 0 Å². The van der Waals surface area contributed by atoms with Gasteiger partial charge in [-0.1, -0.05) is 30.8 Å². The van der Waals surface area contributed by atoms with Crippen molar-refractivity contribution in [3.63, 3.8) is 0 Å². The second-order valence-electron chi connectivity index (χ2n) is 4.39. The van der Waals surface area contributed by atoms with Crippen LogP contribution in [-0.4, -0.2) is 27.7 Å². The van der Waals surface area contributed by atoms with E-state index in [9.17, 15) is 0 Å². The Labute approximate surface area is 95.3 Å². The van der Waals surface area contributed by atoms with Crippen LogP contribution in [0.3, 0.4) is 0 Å². The first-order chi connectivity index (χ1) is 5.79. The van der Waals surface area contributed by atoms with Crippen molar-refractivity contribution in [1.82, 2.24) is 0 Å². The zero-order chi connectivity index (χ0) is 8.55. The summed E-state index contributed by atoms with van der Waals surface area (Å²) in [4.78, 5) is 0. The molecule has 0 aromatic rings. The maximum atomic E-state index is 2.48. The average Bonchev–Trinajstić information content (AvgIpc) is 2.47. The van der Waals surface area contributed by atoms with Crippen molar-refractivity contribution in [2.24, 2.45) is 0 Å². The summed E-state index contributed by atoms with van der Waals surface area (Å²) in [7, 11) is -0.462. The number of allylic oxidation sites excluding steroid dienone is 4. The molecular weight excluding hydrogens is 167 g/mol. The molecule has 0 aliphatic heterocycles. The summed E-state index contributed by atoms with van der Waals surface area (Å²) in [6.45, 7) is 4.94. The van der Waals surface area contributed by atoms with Gasteiger partial charge in [0.2, 0.25) is 0 Å². The van der Waals surface area contributed by atoms with Crippen molar-refractivity contribution < 1.29 is 0 Å². The summed E-state index contributed by atoms with van der Waals surface area (Å²) in [6.07, 6.45) is 10.5. The Hall–Kier alpha value is 0.294. The van der Waals surface area contributed by atoms with Gasteiger partial charge in [0.25, 0.3) is 0 Å². The molecule has 2 aliphatic carbocycles. The summed E-state index contributed by atoms with van der Waals surface area (Å²) in [5.74, 6) is 0. The normalized spacial score (nSPS) is 26.2. The fourth-order valence-electron chi connectivity index (χ4n) is 2.48. The van der Waals surface area contributed by atoms with Crippen molar-refractivity contribution >= 4 is 27.7 Å². The van der Waals surface area contributed by atoms with E-state index in [0.29, 0.717) is 0 Å². The summed E-state index contributed by atoms with van der Waals surface area (Å²) >= 11 is 0. The van der Waals surface area contributed by atoms with Crippen molar-refractivity contribution in [1.29, 1.82) is 0 Å². The Morgan fingerprint density at radius 2 is 1.92 bits per heavy atom. The van der Waals surface area contributed by atoms with Gasteiger partial charge in [-0.05, 0) is 36.8 Å². The molecule has 2 rings (SSSR count). The van der Waals surface area contributed by atoms with Crippen LogP contribution >= 0.6 is 0 Å². The third-order valence-corrected chi connectivity index (χ3v) is 5.24. The zero-order valence-electron chi connectivity index (χ0n) is 8.14. The van der Waals surface area contributed by atoms with E-state index in [1.165, 1.54) is 25.7 Å². The molecule has 0 fully saturated rings. The monoisotopic (exact) mass is 186 g/mol. The van der Waals surface area contributed by atoms with Gasteiger partial charge >= 0.3 is 18.9 Å². The first kappa shape index (κ1) is 11.4. The van der Waals surface area contributed by atoms with Crippen LogP contribution in [0.5, 0.6) is 0 Å². The van der Waals surface area contributed by atoms with E-state index in [1.54, 1.807) is 5.57 Å². The van der Waals surface area contributed by atoms with Gasteiger partial charge in [-0.2, -0.15) is 0 Å². The third-order valence-electron chi connectivity index (χ3n) is 3.18. The van der Waals surface area contributed by atoms with Gasteiger partial charge in [0.15, 0.2) is 0 Å². The third kappa shape index (κ3) is 2.21. The SMILES string of the molecule is C[SiH](C)C1C=CC2=C1CCCC2.[LiH]. The average molecular weight is 186 g/mol. The van der Waals surface area contributed by atoms with E-state index in [2.05, 4.69) is 25.2 Å². The number of hydrogen-bond acceptors (Lipinski definition) is 0. The van der Waals surface area contributed by atoms with Crippen molar-refractivity contribution in [2.45, 2.75) is 44.3 Å². The Bertz CT molecular complexity index is 240. The molecule has 13 heavy (non-hydrogen) atoms. The molecule has 1 unspecified atom stereocenters. The fraction of sp³-hybridized carbons (Fsp3) is 0.636. The van der Waals surface area contributed by atoms with E-state index in [-0.39, 0.29) is 18.9 Å². The minimum atomic E-state index is -0.462. The number of rotatable bonds is 1. The summed E-state index contributed by atoms with van der Waals surface area (Å²) in [6, 6.07) is 0. The Morgan fingerprint density at radius 1 is 1.23 bits per heavy atom. The molecule has 0 bridgehead atoms.